The number of Topliss-reactive ketones (excluding diaryl/α,β-unsaturated/α-hetero) is 1. The van der Waals surface area contributed by atoms with Crippen LogP contribution in [0.1, 0.15) is 24.0 Å². The zero-order valence-electron chi connectivity index (χ0n) is 12.3. The van der Waals surface area contributed by atoms with Gasteiger partial charge in [-0.25, -0.2) is 0 Å². The summed E-state index contributed by atoms with van der Waals surface area (Å²) < 4.78 is 10.5. The van der Waals surface area contributed by atoms with E-state index in [1.165, 1.54) is 6.92 Å². The highest BCUT2D eigenvalue weighted by Gasteiger charge is 2.21. The molecule has 0 amide bonds. The van der Waals surface area contributed by atoms with Gasteiger partial charge < -0.3 is 14.6 Å². The van der Waals surface area contributed by atoms with Crippen molar-refractivity contribution in [3.05, 3.63) is 53.6 Å². The van der Waals surface area contributed by atoms with Gasteiger partial charge >= 0.3 is 0 Å². The van der Waals surface area contributed by atoms with Crippen LogP contribution in [-0.4, -0.2) is 25.1 Å². The minimum Gasteiger partial charge on any atom is -0.508 e. The molecule has 2 aromatic rings. The molecule has 2 aromatic carbocycles. The van der Waals surface area contributed by atoms with Crippen LogP contribution < -0.4 is 9.47 Å². The van der Waals surface area contributed by atoms with E-state index in [1.807, 2.05) is 12.1 Å². The van der Waals surface area contributed by atoms with Gasteiger partial charge in [0.25, 0.3) is 0 Å². The monoisotopic (exact) mass is 286 g/mol. The molecule has 1 atom stereocenters. The molecule has 0 fully saturated rings. The summed E-state index contributed by atoms with van der Waals surface area (Å²) >= 11 is 0. The minimum atomic E-state index is -0.447. The fourth-order valence-electron chi connectivity index (χ4n) is 2.40. The Morgan fingerprint density at radius 1 is 1.00 bits per heavy atom. The fourth-order valence-corrected chi connectivity index (χ4v) is 2.40. The number of aromatic hydroxyl groups is 1. The second-order valence-corrected chi connectivity index (χ2v) is 4.75. The van der Waals surface area contributed by atoms with Crippen LogP contribution >= 0.6 is 0 Å². The quantitative estimate of drug-likeness (QED) is 0.917. The molecule has 0 bridgehead atoms. The van der Waals surface area contributed by atoms with Gasteiger partial charge in [-0.05, 0) is 42.3 Å². The molecule has 2 rings (SSSR count). The zero-order valence-corrected chi connectivity index (χ0v) is 12.3. The first-order valence-electron chi connectivity index (χ1n) is 6.58. The van der Waals surface area contributed by atoms with Crippen molar-refractivity contribution in [1.82, 2.24) is 0 Å². The van der Waals surface area contributed by atoms with Crippen molar-refractivity contribution < 1.29 is 19.4 Å². The number of phenolic OH excluding ortho intramolecular Hbond substituents is 1. The summed E-state index contributed by atoms with van der Waals surface area (Å²) in [4.78, 5) is 12.1. The van der Waals surface area contributed by atoms with E-state index in [9.17, 15) is 9.90 Å². The number of ketones is 1. The standard InChI is InChI=1S/C17H18O4/c1-11(18)17(12-5-4-6-14(19)9-12)13-7-8-15(20-2)16(10-13)21-3/h4-10,17,19H,1-3H3. The summed E-state index contributed by atoms with van der Waals surface area (Å²) in [6.07, 6.45) is 0. The third-order valence-electron chi connectivity index (χ3n) is 3.35. The molecule has 1 unspecified atom stereocenters. The molecule has 4 heteroatoms. The number of methoxy groups -OCH3 is 2. The lowest BCUT2D eigenvalue weighted by Gasteiger charge is -2.17. The van der Waals surface area contributed by atoms with Crippen LogP contribution in [0.15, 0.2) is 42.5 Å². The summed E-state index contributed by atoms with van der Waals surface area (Å²) in [5.41, 5.74) is 1.54. The first-order chi connectivity index (χ1) is 10.1. The summed E-state index contributed by atoms with van der Waals surface area (Å²) in [5, 5.41) is 9.62. The lowest BCUT2D eigenvalue weighted by atomic mass is 9.88. The fraction of sp³-hybridized carbons (Fsp3) is 0.235. The lowest BCUT2D eigenvalue weighted by Crippen LogP contribution is -2.10. The van der Waals surface area contributed by atoms with E-state index in [4.69, 9.17) is 9.47 Å². The van der Waals surface area contributed by atoms with Crippen molar-refractivity contribution >= 4 is 5.78 Å². The Labute approximate surface area is 123 Å². The van der Waals surface area contributed by atoms with Gasteiger partial charge in [0, 0.05) is 0 Å². The summed E-state index contributed by atoms with van der Waals surface area (Å²) in [7, 11) is 3.12. The second-order valence-electron chi connectivity index (χ2n) is 4.75. The molecular formula is C17H18O4. The van der Waals surface area contributed by atoms with Gasteiger partial charge in [-0.15, -0.1) is 0 Å². The largest absolute Gasteiger partial charge is 0.508 e. The third kappa shape index (κ3) is 3.16. The van der Waals surface area contributed by atoms with E-state index in [0.29, 0.717) is 11.5 Å². The number of carbonyl (C=O) groups is 1. The first kappa shape index (κ1) is 14.9. The second kappa shape index (κ2) is 6.31. The summed E-state index contributed by atoms with van der Waals surface area (Å²) in [6.45, 7) is 1.53. The van der Waals surface area contributed by atoms with E-state index in [2.05, 4.69) is 0 Å². The predicted molar refractivity (Wildman–Crippen MR) is 80.2 cm³/mol. The van der Waals surface area contributed by atoms with Gasteiger partial charge in [0.1, 0.15) is 11.5 Å². The lowest BCUT2D eigenvalue weighted by molar-refractivity contribution is -0.117. The molecule has 0 aromatic heterocycles. The molecule has 0 aliphatic rings. The molecule has 0 spiro atoms. The molecule has 0 heterocycles. The summed E-state index contributed by atoms with van der Waals surface area (Å²) in [5.74, 6) is 0.866. The molecule has 1 N–H and O–H groups in total. The molecule has 0 aliphatic carbocycles. The average molecular weight is 286 g/mol. The number of rotatable bonds is 5. The Morgan fingerprint density at radius 3 is 2.24 bits per heavy atom. The first-order valence-corrected chi connectivity index (χ1v) is 6.58. The van der Waals surface area contributed by atoms with Crippen molar-refractivity contribution in [2.24, 2.45) is 0 Å². The predicted octanol–water partition coefficient (Wildman–Crippen LogP) is 3.13. The zero-order chi connectivity index (χ0) is 15.4. The SMILES string of the molecule is COc1ccc(C(C(C)=O)c2cccc(O)c2)cc1OC. The molecule has 0 radical (unpaired) electrons. The van der Waals surface area contributed by atoms with E-state index >= 15 is 0 Å². The molecule has 0 saturated heterocycles. The van der Waals surface area contributed by atoms with Crippen molar-refractivity contribution in [3.8, 4) is 17.2 Å². The van der Waals surface area contributed by atoms with Crippen LogP contribution in [0.3, 0.4) is 0 Å². The van der Waals surface area contributed by atoms with Crippen molar-refractivity contribution in [3.63, 3.8) is 0 Å². The van der Waals surface area contributed by atoms with Crippen LogP contribution in [-0.2, 0) is 4.79 Å². The average Bonchev–Trinajstić information content (AvgIpc) is 2.47. The highest BCUT2D eigenvalue weighted by atomic mass is 16.5. The molecule has 0 saturated carbocycles. The Balaban J connectivity index is 2.51. The van der Waals surface area contributed by atoms with E-state index < -0.39 is 5.92 Å². The van der Waals surface area contributed by atoms with Crippen LogP contribution in [0.25, 0.3) is 0 Å². The van der Waals surface area contributed by atoms with Crippen molar-refractivity contribution in [1.29, 1.82) is 0 Å². The van der Waals surface area contributed by atoms with Gasteiger partial charge in [-0.2, -0.15) is 0 Å². The topological polar surface area (TPSA) is 55.8 Å². The van der Waals surface area contributed by atoms with Gasteiger partial charge in [0.2, 0.25) is 0 Å². The third-order valence-corrected chi connectivity index (χ3v) is 3.35. The number of benzene rings is 2. The maximum atomic E-state index is 12.1. The number of hydrogen-bond donors (Lipinski definition) is 1. The van der Waals surface area contributed by atoms with Crippen molar-refractivity contribution in [2.45, 2.75) is 12.8 Å². The Hall–Kier alpha value is -2.49. The van der Waals surface area contributed by atoms with Crippen LogP contribution in [0.5, 0.6) is 17.2 Å². The Bertz CT molecular complexity index is 649. The van der Waals surface area contributed by atoms with Gasteiger partial charge in [-0.1, -0.05) is 18.2 Å². The van der Waals surface area contributed by atoms with Gasteiger partial charge in [-0.3, -0.25) is 4.79 Å². The normalized spacial score (nSPS) is 11.8. The Morgan fingerprint density at radius 2 is 1.67 bits per heavy atom. The van der Waals surface area contributed by atoms with Crippen LogP contribution in [0.4, 0.5) is 0 Å². The number of hydrogen-bond acceptors (Lipinski definition) is 4. The maximum Gasteiger partial charge on any atom is 0.161 e. The maximum absolute atomic E-state index is 12.1. The molecular weight excluding hydrogens is 268 g/mol. The molecule has 4 nitrogen and oxygen atoms in total. The molecule has 110 valence electrons. The smallest absolute Gasteiger partial charge is 0.161 e. The van der Waals surface area contributed by atoms with Crippen LogP contribution in [0.2, 0.25) is 0 Å². The molecule has 0 aliphatic heterocycles. The summed E-state index contributed by atoms with van der Waals surface area (Å²) in [6, 6.07) is 12.1. The Kier molecular flexibility index (Phi) is 4.48. The number of carbonyl (C=O) groups excluding carboxylic acids is 1. The van der Waals surface area contributed by atoms with Gasteiger partial charge in [0.15, 0.2) is 11.5 Å². The highest BCUT2D eigenvalue weighted by Crippen LogP contribution is 2.34. The minimum absolute atomic E-state index is 0.00665. The van der Waals surface area contributed by atoms with E-state index in [-0.39, 0.29) is 11.5 Å². The number of phenols is 1. The van der Waals surface area contributed by atoms with E-state index in [1.54, 1.807) is 44.6 Å². The van der Waals surface area contributed by atoms with Gasteiger partial charge in [0.05, 0.1) is 20.1 Å². The molecule has 21 heavy (non-hydrogen) atoms. The van der Waals surface area contributed by atoms with Crippen LogP contribution in [0, 0.1) is 0 Å². The van der Waals surface area contributed by atoms with Crippen molar-refractivity contribution in [2.75, 3.05) is 14.2 Å². The number of ether oxygens (including phenoxy) is 2. The van der Waals surface area contributed by atoms with E-state index in [0.717, 1.165) is 11.1 Å². The highest BCUT2D eigenvalue weighted by molar-refractivity contribution is 5.87.